The van der Waals surface area contributed by atoms with Gasteiger partial charge in [-0.15, -0.1) is 0 Å². The predicted octanol–water partition coefficient (Wildman–Crippen LogP) is 5.61. The van der Waals surface area contributed by atoms with Gasteiger partial charge < -0.3 is 14.9 Å². The molecule has 1 unspecified atom stereocenters. The summed E-state index contributed by atoms with van der Waals surface area (Å²) in [5.41, 5.74) is 0.933. The average Bonchev–Trinajstić information content (AvgIpc) is 2.66. The van der Waals surface area contributed by atoms with Crippen molar-refractivity contribution >= 4 is 12.0 Å². The van der Waals surface area contributed by atoms with Crippen LogP contribution in [0, 0.1) is 0 Å². The number of carboxylic acids is 1. The normalized spacial score (nSPS) is 12.7. The fourth-order valence-electron chi connectivity index (χ4n) is 2.74. The first-order valence-corrected chi connectivity index (χ1v) is 10.1. The summed E-state index contributed by atoms with van der Waals surface area (Å²) in [6, 6.07) is 7.64. The predicted molar refractivity (Wildman–Crippen MR) is 111 cm³/mol. The van der Waals surface area contributed by atoms with E-state index in [1.54, 1.807) is 0 Å². The van der Waals surface area contributed by atoms with Gasteiger partial charge in [0.2, 0.25) is 0 Å². The molecule has 1 rings (SSSR count). The van der Waals surface area contributed by atoms with E-state index in [1.165, 1.54) is 32.1 Å². The van der Waals surface area contributed by atoms with Gasteiger partial charge in [0.15, 0.2) is 0 Å². The fourth-order valence-corrected chi connectivity index (χ4v) is 2.74. The zero-order valence-electron chi connectivity index (χ0n) is 16.5. The Balaban J connectivity index is 2.34. The summed E-state index contributed by atoms with van der Waals surface area (Å²) < 4.78 is 5.67. The Morgan fingerprint density at radius 1 is 1.07 bits per heavy atom. The van der Waals surface area contributed by atoms with Crippen molar-refractivity contribution in [1.82, 2.24) is 0 Å². The summed E-state index contributed by atoms with van der Waals surface area (Å²) in [6.07, 6.45) is 15.9. The molecule has 0 saturated heterocycles. The molecule has 1 atom stereocenters. The molecule has 0 radical (unpaired) electrons. The van der Waals surface area contributed by atoms with Crippen molar-refractivity contribution in [2.45, 2.75) is 70.8 Å². The van der Waals surface area contributed by atoms with Gasteiger partial charge in [0.05, 0.1) is 12.7 Å². The first kappa shape index (κ1) is 23.0. The molecule has 27 heavy (non-hydrogen) atoms. The van der Waals surface area contributed by atoms with Gasteiger partial charge in [-0.1, -0.05) is 88.0 Å². The summed E-state index contributed by atoms with van der Waals surface area (Å²) in [5, 5.41) is 18.7. The molecule has 4 heteroatoms. The van der Waals surface area contributed by atoms with E-state index < -0.39 is 12.1 Å². The number of aliphatic carboxylic acids is 1. The van der Waals surface area contributed by atoms with E-state index in [0.29, 0.717) is 13.0 Å². The van der Waals surface area contributed by atoms with Crippen LogP contribution >= 0.6 is 0 Å². The van der Waals surface area contributed by atoms with Crippen LogP contribution in [0.5, 0.6) is 5.75 Å². The second kappa shape index (κ2) is 15.0. The zero-order valence-corrected chi connectivity index (χ0v) is 16.5. The lowest BCUT2D eigenvalue weighted by molar-refractivity contribution is -0.137. The number of allylic oxidation sites excluding steroid dienone is 2. The van der Waals surface area contributed by atoms with Gasteiger partial charge in [0, 0.05) is 12.0 Å². The molecule has 0 aromatic heterocycles. The maximum Gasteiger partial charge on any atom is 0.303 e. The van der Waals surface area contributed by atoms with Crippen LogP contribution < -0.4 is 4.74 Å². The molecule has 0 aliphatic rings. The van der Waals surface area contributed by atoms with Gasteiger partial charge in [-0.3, -0.25) is 4.79 Å². The Labute approximate surface area is 163 Å². The van der Waals surface area contributed by atoms with Gasteiger partial charge in [-0.05, 0) is 18.9 Å². The Kier molecular flexibility index (Phi) is 12.8. The number of unbranched alkanes of at least 4 members (excludes halogenated alkanes) is 5. The number of ether oxygens (including phenoxy) is 1. The highest BCUT2D eigenvalue weighted by atomic mass is 16.5. The van der Waals surface area contributed by atoms with Gasteiger partial charge in [-0.25, -0.2) is 0 Å². The lowest BCUT2D eigenvalue weighted by atomic mass is 10.1. The van der Waals surface area contributed by atoms with E-state index in [2.05, 4.69) is 6.92 Å². The molecule has 0 amide bonds. The number of carboxylic acid groups (broad SMARTS) is 1. The van der Waals surface area contributed by atoms with E-state index >= 15 is 0 Å². The van der Waals surface area contributed by atoms with E-state index in [4.69, 9.17) is 9.84 Å². The second-order valence-corrected chi connectivity index (χ2v) is 6.75. The number of hydrogen-bond donors (Lipinski definition) is 2. The molecule has 0 heterocycles. The first-order chi connectivity index (χ1) is 13.1. The third-order valence-electron chi connectivity index (χ3n) is 4.29. The van der Waals surface area contributed by atoms with Crippen molar-refractivity contribution in [2.24, 2.45) is 0 Å². The number of aliphatic hydroxyl groups excluding tert-OH is 1. The molecule has 0 aliphatic heterocycles. The number of benzene rings is 1. The third kappa shape index (κ3) is 12.0. The minimum atomic E-state index is -0.809. The molecule has 0 bridgehead atoms. The minimum Gasteiger partial charge on any atom is -0.493 e. The van der Waals surface area contributed by atoms with Crippen molar-refractivity contribution in [2.75, 3.05) is 6.61 Å². The molecule has 0 saturated carbocycles. The number of aliphatic hydroxyl groups is 1. The maximum atomic E-state index is 10.5. The molecular weight excluding hydrogens is 340 g/mol. The average molecular weight is 375 g/mol. The quantitative estimate of drug-likeness (QED) is 0.309. The van der Waals surface area contributed by atoms with Crippen LogP contribution in [0.1, 0.15) is 70.3 Å². The van der Waals surface area contributed by atoms with E-state index in [1.807, 2.05) is 48.6 Å². The summed E-state index contributed by atoms with van der Waals surface area (Å²) in [4.78, 5) is 10.5. The Bertz CT molecular complexity index is 577. The van der Waals surface area contributed by atoms with Crippen LogP contribution in [0.15, 0.2) is 42.5 Å². The third-order valence-corrected chi connectivity index (χ3v) is 4.29. The van der Waals surface area contributed by atoms with Crippen LogP contribution in [-0.2, 0) is 4.79 Å². The fraction of sp³-hybridized carbons (Fsp3) is 0.522. The Morgan fingerprint density at radius 2 is 1.81 bits per heavy atom. The number of rotatable bonds is 15. The number of para-hydroxylation sites is 1. The van der Waals surface area contributed by atoms with E-state index in [-0.39, 0.29) is 6.42 Å². The highest BCUT2D eigenvalue weighted by Crippen LogP contribution is 2.20. The van der Waals surface area contributed by atoms with Crippen LogP contribution in [0.2, 0.25) is 0 Å². The van der Waals surface area contributed by atoms with Crippen LogP contribution in [0.3, 0.4) is 0 Å². The summed E-state index contributed by atoms with van der Waals surface area (Å²) in [5.74, 6) is -0.0726. The van der Waals surface area contributed by atoms with Gasteiger partial charge in [0.25, 0.3) is 0 Å². The highest BCUT2D eigenvalue weighted by Gasteiger charge is 2.01. The van der Waals surface area contributed by atoms with Gasteiger partial charge >= 0.3 is 5.97 Å². The number of carbonyl (C=O) groups is 1. The largest absolute Gasteiger partial charge is 0.493 e. The minimum absolute atomic E-state index is 0.108. The maximum absolute atomic E-state index is 10.5. The molecule has 4 nitrogen and oxygen atoms in total. The van der Waals surface area contributed by atoms with Crippen LogP contribution in [0.25, 0.3) is 6.08 Å². The molecule has 1 aromatic carbocycles. The van der Waals surface area contributed by atoms with Crippen LogP contribution in [-0.4, -0.2) is 28.9 Å². The lowest BCUT2D eigenvalue weighted by Crippen LogP contribution is -2.02. The lowest BCUT2D eigenvalue weighted by Gasteiger charge is -2.08. The summed E-state index contributed by atoms with van der Waals surface area (Å²) >= 11 is 0. The molecule has 0 fully saturated rings. The van der Waals surface area contributed by atoms with Gasteiger partial charge in [-0.2, -0.15) is 0 Å². The van der Waals surface area contributed by atoms with E-state index in [0.717, 1.165) is 24.2 Å². The Morgan fingerprint density at radius 3 is 2.59 bits per heavy atom. The van der Waals surface area contributed by atoms with Crippen molar-refractivity contribution in [3.8, 4) is 5.75 Å². The van der Waals surface area contributed by atoms with Crippen molar-refractivity contribution in [3.05, 3.63) is 48.1 Å². The smallest absolute Gasteiger partial charge is 0.303 e. The zero-order chi connectivity index (χ0) is 19.7. The molecule has 150 valence electrons. The van der Waals surface area contributed by atoms with Crippen molar-refractivity contribution in [3.63, 3.8) is 0 Å². The van der Waals surface area contributed by atoms with Crippen molar-refractivity contribution in [1.29, 1.82) is 0 Å². The molecule has 0 aliphatic carbocycles. The van der Waals surface area contributed by atoms with Crippen molar-refractivity contribution < 1.29 is 19.7 Å². The second-order valence-electron chi connectivity index (χ2n) is 6.75. The SMILES string of the molecule is CCCCCCCCC(O)/C=C/C=C\c1ccccc1OCCCC(=O)O. The van der Waals surface area contributed by atoms with E-state index in [9.17, 15) is 9.90 Å². The standard InChI is InChI=1S/C23H34O4/c1-2-3-4-5-6-7-15-21(24)16-10-8-13-20-14-9-11-17-22(20)27-19-12-18-23(25)26/h8-11,13-14,16-17,21,24H,2-7,12,15,18-19H2,1H3,(H,25,26)/b13-8-,16-10+. The first-order valence-electron chi connectivity index (χ1n) is 10.1. The van der Waals surface area contributed by atoms with Gasteiger partial charge in [0.1, 0.15) is 5.75 Å². The Hall–Kier alpha value is -2.07. The summed E-state index contributed by atoms with van der Waals surface area (Å²) in [6.45, 7) is 2.59. The topological polar surface area (TPSA) is 66.8 Å². The highest BCUT2D eigenvalue weighted by molar-refractivity contribution is 5.66. The summed E-state index contributed by atoms with van der Waals surface area (Å²) in [7, 11) is 0. The molecule has 0 spiro atoms. The number of hydrogen-bond acceptors (Lipinski definition) is 3. The molecule has 2 N–H and O–H groups in total. The molecule has 1 aromatic rings. The van der Waals surface area contributed by atoms with Crippen LogP contribution in [0.4, 0.5) is 0 Å². The monoisotopic (exact) mass is 374 g/mol. The molecular formula is C23H34O4.